The van der Waals surface area contributed by atoms with Crippen molar-refractivity contribution in [1.82, 2.24) is 10.2 Å². The monoisotopic (exact) mass is 413 g/mol. The number of ketones is 1. The molecule has 2 aliphatic rings. The molecule has 1 aromatic carbocycles. The number of hydrogen-bond donors (Lipinski definition) is 2. The van der Waals surface area contributed by atoms with Crippen LogP contribution >= 0.6 is 0 Å². The van der Waals surface area contributed by atoms with Crippen LogP contribution < -0.4 is 11.1 Å². The molecule has 0 bridgehead atoms. The van der Waals surface area contributed by atoms with Crippen molar-refractivity contribution in [1.29, 1.82) is 0 Å². The Hall–Kier alpha value is -2.70. The quantitative estimate of drug-likeness (QED) is 0.524. The van der Waals surface area contributed by atoms with Gasteiger partial charge in [0.05, 0.1) is 0 Å². The second-order valence-corrected chi connectivity index (χ2v) is 8.89. The maximum Gasteiger partial charge on any atom is 0.291 e. The third-order valence-electron chi connectivity index (χ3n) is 6.23. The molecule has 1 saturated heterocycles. The van der Waals surface area contributed by atoms with Crippen molar-refractivity contribution in [2.24, 2.45) is 17.6 Å². The summed E-state index contributed by atoms with van der Waals surface area (Å²) in [6, 6.07) is 9.48. The maximum absolute atomic E-state index is 12.8. The first-order valence-electron chi connectivity index (χ1n) is 10.8. The Balaban J connectivity index is 1.57. The van der Waals surface area contributed by atoms with Crippen molar-refractivity contribution in [2.45, 2.75) is 64.0 Å². The number of benzene rings is 1. The van der Waals surface area contributed by atoms with Gasteiger partial charge in [0.1, 0.15) is 12.0 Å². The number of nitrogens with zero attached hydrogens (tertiary/aromatic N) is 1. The molecule has 1 aliphatic carbocycles. The maximum atomic E-state index is 12.8. The van der Waals surface area contributed by atoms with Gasteiger partial charge in [-0.25, -0.2) is 0 Å². The lowest BCUT2D eigenvalue weighted by Gasteiger charge is -2.30. The van der Waals surface area contributed by atoms with Crippen LogP contribution in [0, 0.1) is 11.8 Å². The standard InChI is InChI=1S/C23H31N3O4/c1-14(2)12-19(21(24)28)26-13-18(20(27)23(26)30)22(29)25-17-10-8-16(9-11-17)15-6-4-3-5-7-15/h3-7,14,16-19H,8-13H2,1-2H3,(H2,24,28)(H,25,29)/t16?,17?,18?,19-/m1/s1. The van der Waals surface area contributed by atoms with Gasteiger partial charge in [0.25, 0.3) is 5.91 Å². The molecule has 1 aromatic rings. The molecule has 1 unspecified atom stereocenters. The highest BCUT2D eigenvalue weighted by Crippen LogP contribution is 2.33. The van der Waals surface area contributed by atoms with Gasteiger partial charge in [-0.15, -0.1) is 0 Å². The lowest BCUT2D eigenvalue weighted by Crippen LogP contribution is -2.47. The van der Waals surface area contributed by atoms with E-state index in [1.165, 1.54) is 10.5 Å². The van der Waals surface area contributed by atoms with Crippen LogP contribution in [0.2, 0.25) is 0 Å². The lowest BCUT2D eigenvalue weighted by atomic mass is 9.81. The van der Waals surface area contributed by atoms with Crippen LogP contribution in [0.5, 0.6) is 0 Å². The highest BCUT2D eigenvalue weighted by atomic mass is 16.2. The Kier molecular flexibility index (Phi) is 6.90. The molecule has 1 aliphatic heterocycles. The average Bonchev–Trinajstić information content (AvgIpc) is 3.02. The molecule has 0 spiro atoms. The van der Waals surface area contributed by atoms with Gasteiger partial charge in [-0.3, -0.25) is 19.2 Å². The van der Waals surface area contributed by atoms with Crippen molar-refractivity contribution in [3.8, 4) is 0 Å². The number of likely N-dealkylation sites (tertiary alicyclic amines) is 1. The van der Waals surface area contributed by atoms with Crippen molar-refractivity contribution in [2.75, 3.05) is 6.54 Å². The van der Waals surface area contributed by atoms with E-state index in [0.717, 1.165) is 25.7 Å². The molecule has 7 nitrogen and oxygen atoms in total. The zero-order valence-electron chi connectivity index (χ0n) is 17.7. The van der Waals surface area contributed by atoms with Gasteiger partial charge in [-0.2, -0.15) is 0 Å². The summed E-state index contributed by atoms with van der Waals surface area (Å²) in [7, 11) is 0. The van der Waals surface area contributed by atoms with E-state index < -0.39 is 35.5 Å². The van der Waals surface area contributed by atoms with Crippen LogP contribution in [0.15, 0.2) is 30.3 Å². The van der Waals surface area contributed by atoms with Crippen LogP contribution in [0.4, 0.5) is 0 Å². The Bertz CT molecular complexity index is 800. The third-order valence-corrected chi connectivity index (χ3v) is 6.23. The molecule has 0 radical (unpaired) electrons. The number of rotatable bonds is 7. The van der Waals surface area contributed by atoms with Gasteiger partial charge < -0.3 is 16.0 Å². The molecule has 3 rings (SSSR count). The van der Waals surface area contributed by atoms with E-state index >= 15 is 0 Å². The summed E-state index contributed by atoms with van der Waals surface area (Å²) < 4.78 is 0. The fraction of sp³-hybridized carbons (Fsp3) is 0.565. The molecule has 0 aromatic heterocycles. The number of primary amides is 1. The molecule has 2 fully saturated rings. The number of amides is 3. The largest absolute Gasteiger partial charge is 0.368 e. The van der Waals surface area contributed by atoms with E-state index in [-0.39, 0.29) is 18.5 Å². The van der Waals surface area contributed by atoms with Crippen LogP contribution in [0.25, 0.3) is 0 Å². The summed E-state index contributed by atoms with van der Waals surface area (Å²) in [5, 5.41) is 2.96. The number of carbonyl (C=O) groups excluding carboxylic acids is 4. The topological polar surface area (TPSA) is 110 Å². The van der Waals surface area contributed by atoms with Crippen molar-refractivity contribution in [3.05, 3.63) is 35.9 Å². The van der Waals surface area contributed by atoms with Crippen LogP contribution in [-0.2, 0) is 19.2 Å². The fourth-order valence-electron chi connectivity index (χ4n) is 4.57. The molecule has 3 amide bonds. The Labute approximate surface area is 177 Å². The zero-order chi connectivity index (χ0) is 21.8. The SMILES string of the molecule is CC(C)C[C@H](C(N)=O)N1CC(C(=O)NC2CCC(c3ccccc3)CC2)C(=O)C1=O. The highest BCUT2D eigenvalue weighted by molar-refractivity contribution is 6.42. The fourth-order valence-corrected chi connectivity index (χ4v) is 4.57. The molecule has 3 N–H and O–H groups in total. The third kappa shape index (κ3) is 4.89. The van der Waals surface area contributed by atoms with Crippen molar-refractivity contribution in [3.63, 3.8) is 0 Å². The average molecular weight is 414 g/mol. The Morgan fingerprint density at radius 3 is 2.30 bits per heavy atom. The molecular formula is C23H31N3O4. The molecule has 7 heteroatoms. The van der Waals surface area contributed by atoms with E-state index in [4.69, 9.17) is 5.73 Å². The molecule has 1 heterocycles. The number of Topliss-reactive ketones (excluding diaryl/α,β-unsaturated/α-hetero) is 1. The van der Waals surface area contributed by atoms with Gasteiger partial charge in [-0.05, 0) is 49.5 Å². The molecule has 30 heavy (non-hydrogen) atoms. The Morgan fingerprint density at radius 2 is 1.73 bits per heavy atom. The summed E-state index contributed by atoms with van der Waals surface area (Å²) >= 11 is 0. The molecule has 162 valence electrons. The zero-order valence-corrected chi connectivity index (χ0v) is 17.7. The van der Waals surface area contributed by atoms with Crippen LogP contribution in [0.3, 0.4) is 0 Å². The first-order valence-corrected chi connectivity index (χ1v) is 10.8. The summed E-state index contributed by atoms with van der Waals surface area (Å²) in [6.45, 7) is 3.74. The predicted molar refractivity (Wildman–Crippen MR) is 112 cm³/mol. The first kappa shape index (κ1) is 22.0. The van der Waals surface area contributed by atoms with Crippen LogP contribution in [-0.4, -0.2) is 47.0 Å². The molecular weight excluding hydrogens is 382 g/mol. The highest BCUT2D eigenvalue weighted by Gasteiger charge is 2.47. The lowest BCUT2D eigenvalue weighted by molar-refractivity contribution is -0.144. The minimum atomic E-state index is -1.07. The number of nitrogens with one attached hydrogen (secondary N) is 1. The number of hydrogen-bond acceptors (Lipinski definition) is 4. The van der Waals surface area contributed by atoms with E-state index in [1.807, 2.05) is 32.0 Å². The number of nitrogens with two attached hydrogens (primary N) is 1. The van der Waals surface area contributed by atoms with Crippen LogP contribution in [0.1, 0.15) is 57.4 Å². The van der Waals surface area contributed by atoms with Crippen molar-refractivity contribution >= 4 is 23.5 Å². The van der Waals surface area contributed by atoms with Gasteiger partial charge in [0.2, 0.25) is 17.6 Å². The van der Waals surface area contributed by atoms with Gasteiger partial charge in [-0.1, -0.05) is 44.2 Å². The minimum absolute atomic E-state index is 0.00276. The smallest absolute Gasteiger partial charge is 0.291 e. The summed E-state index contributed by atoms with van der Waals surface area (Å²) in [4.78, 5) is 50.6. The summed E-state index contributed by atoms with van der Waals surface area (Å²) in [5.74, 6) is -3.07. The predicted octanol–water partition coefficient (Wildman–Crippen LogP) is 1.76. The normalized spacial score (nSPS) is 25.4. The summed E-state index contributed by atoms with van der Waals surface area (Å²) in [6.07, 6.45) is 3.97. The van der Waals surface area contributed by atoms with E-state index in [0.29, 0.717) is 12.3 Å². The number of carbonyl (C=O) groups is 4. The second-order valence-electron chi connectivity index (χ2n) is 8.89. The van der Waals surface area contributed by atoms with Gasteiger partial charge in [0, 0.05) is 12.6 Å². The van der Waals surface area contributed by atoms with Gasteiger partial charge >= 0.3 is 0 Å². The minimum Gasteiger partial charge on any atom is -0.368 e. The molecule has 2 atom stereocenters. The van der Waals surface area contributed by atoms with E-state index in [9.17, 15) is 19.2 Å². The van der Waals surface area contributed by atoms with Crippen molar-refractivity contribution < 1.29 is 19.2 Å². The first-order chi connectivity index (χ1) is 14.3. The van der Waals surface area contributed by atoms with E-state index in [1.54, 1.807) is 0 Å². The summed E-state index contributed by atoms with van der Waals surface area (Å²) in [5.41, 5.74) is 6.78. The molecule has 1 saturated carbocycles. The second kappa shape index (κ2) is 9.41. The van der Waals surface area contributed by atoms with E-state index in [2.05, 4.69) is 17.4 Å². The Morgan fingerprint density at radius 1 is 1.10 bits per heavy atom. The van der Waals surface area contributed by atoms with Gasteiger partial charge in [0.15, 0.2) is 0 Å².